The van der Waals surface area contributed by atoms with Crippen LogP contribution in [0.3, 0.4) is 0 Å². The van der Waals surface area contributed by atoms with Gasteiger partial charge in [0.1, 0.15) is 5.75 Å². The second kappa shape index (κ2) is 5.65. The molecule has 0 saturated heterocycles. The SMILES string of the molecule is COc1ccc(N(C)c2ccc(N(C)C)cc2)cc1. The van der Waals surface area contributed by atoms with Gasteiger partial charge in [-0.25, -0.2) is 0 Å². The van der Waals surface area contributed by atoms with Gasteiger partial charge in [0, 0.05) is 38.2 Å². The number of ether oxygens (including phenoxy) is 1. The van der Waals surface area contributed by atoms with Crippen molar-refractivity contribution in [3.05, 3.63) is 48.5 Å². The lowest BCUT2D eigenvalue weighted by Gasteiger charge is -2.21. The van der Waals surface area contributed by atoms with E-state index in [1.54, 1.807) is 7.11 Å². The summed E-state index contributed by atoms with van der Waals surface area (Å²) in [5, 5.41) is 0. The van der Waals surface area contributed by atoms with Gasteiger partial charge in [-0.1, -0.05) is 0 Å². The van der Waals surface area contributed by atoms with Crippen LogP contribution in [0.15, 0.2) is 48.5 Å². The van der Waals surface area contributed by atoms with Crippen molar-refractivity contribution in [1.29, 1.82) is 0 Å². The molecule has 3 heteroatoms. The van der Waals surface area contributed by atoms with Crippen LogP contribution in [0, 0.1) is 0 Å². The predicted octanol–water partition coefficient (Wildman–Crippen LogP) is 3.53. The van der Waals surface area contributed by atoms with Crippen LogP contribution in [0.2, 0.25) is 0 Å². The highest BCUT2D eigenvalue weighted by Crippen LogP contribution is 2.26. The fraction of sp³-hybridized carbons (Fsp3) is 0.250. The molecule has 19 heavy (non-hydrogen) atoms. The number of rotatable bonds is 4. The third kappa shape index (κ3) is 2.99. The Morgan fingerprint density at radius 1 is 0.684 bits per heavy atom. The summed E-state index contributed by atoms with van der Waals surface area (Å²) < 4.78 is 5.17. The van der Waals surface area contributed by atoms with E-state index in [4.69, 9.17) is 4.74 Å². The summed E-state index contributed by atoms with van der Waals surface area (Å²) in [5.74, 6) is 0.875. The molecule has 0 N–H and O–H groups in total. The molecule has 0 heterocycles. The predicted molar refractivity (Wildman–Crippen MR) is 81.8 cm³/mol. The Morgan fingerprint density at radius 3 is 1.53 bits per heavy atom. The molecule has 0 aliphatic heterocycles. The Kier molecular flexibility index (Phi) is 3.95. The number of hydrogen-bond acceptors (Lipinski definition) is 3. The summed E-state index contributed by atoms with van der Waals surface area (Å²) in [6, 6.07) is 16.5. The van der Waals surface area contributed by atoms with Crippen LogP contribution in [-0.4, -0.2) is 28.3 Å². The van der Waals surface area contributed by atoms with Crippen LogP contribution >= 0.6 is 0 Å². The Balaban J connectivity index is 2.20. The highest BCUT2D eigenvalue weighted by atomic mass is 16.5. The van der Waals surface area contributed by atoms with E-state index in [2.05, 4.69) is 53.2 Å². The monoisotopic (exact) mass is 256 g/mol. The van der Waals surface area contributed by atoms with Crippen LogP contribution in [-0.2, 0) is 0 Å². The fourth-order valence-corrected chi connectivity index (χ4v) is 1.93. The zero-order valence-electron chi connectivity index (χ0n) is 11.9. The average molecular weight is 256 g/mol. The zero-order valence-corrected chi connectivity index (χ0v) is 11.9. The minimum atomic E-state index is 0.875. The molecule has 2 rings (SSSR count). The third-order valence-electron chi connectivity index (χ3n) is 3.21. The van der Waals surface area contributed by atoms with Crippen molar-refractivity contribution in [2.24, 2.45) is 0 Å². The minimum absolute atomic E-state index is 0.875. The Labute approximate surface area is 115 Å². The molecule has 0 atom stereocenters. The van der Waals surface area contributed by atoms with Gasteiger partial charge in [0.2, 0.25) is 0 Å². The summed E-state index contributed by atoms with van der Waals surface area (Å²) in [6.45, 7) is 0. The van der Waals surface area contributed by atoms with Crippen molar-refractivity contribution in [3.8, 4) is 5.75 Å². The standard InChI is InChI=1S/C16H20N2O/c1-17(2)13-5-7-14(8-6-13)18(3)15-9-11-16(19-4)12-10-15/h5-12H,1-4H3. The summed E-state index contributed by atoms with van der Waals surface area (Å²) >= 11 is 0. The van der Waals surface area contributed by atoms with Crippen LogP contribution in [0.25, 0.3) is 0 Å². The van der Waals surface area contributed by atoms with Crippen LogP contribution in [0.4, 0.5) is 17.1 Å². The van der Waals surface area contributed by atoms with E-state index in [0.29, 0.717) is 0 Å². The molecule has 3 nitrogen and oxygen atoms in total. The lowest BCUT2D eigenvalue weighted by molar-refractivity contribution is 0.415. The Hall–Kier alpha value is -2.16. The summed E-state index contributed by atoms with van der Waals surface area (Å²) in [7, 11) is 7.83. The van der Waals surface area contributed by atoms with Crippen LogP contribution in [0.1, 0.15) is 0 Å². The number of nitrogens with zero attached hydrogens (tertiary/aromatic N) is 2. The van der Waals surface area contributed by atoms with E-state index in [0.717, 1.165) is 17.1 Å². The van der Waals surface area contributed by atoms with Crippen molar-refractivity contribution < 1.29 is 4.74 Å². The molecule has 0 aliphatic rings. The van der Waals surface area contributed by atoms with Crippen molar-refractivity contribution >= 4 is 17.1 Å². The topological polar surface area (TPSA) is 15.7 Å². The molecule has 0 aliphatic carbocycles. The maximum Gasteiger partial charge on any atom is 0.119 e. The van der Waals surface area contributed by atoms with Crippen molar-refractivity contribution in [1.82, 2.24) is 0 Å². The number of methoxy groups -OCH3 is 1. The molecule has 0 bridgehead atoms. The first-order chi connectivity index (χ1) is 9.11. The highest BCUT2D eigenvalue weighted by molar-refractivity contribution is 5.65. The minimum Gasteiger partial charge on any atom is -0.497 e. The molecule has 0 radical (unpaired) electrons. The second-order valence-electron chi connectivity index (χ2n) is 4.67. The van der Waals surface area contributed by atoms with Gasteiger partial charge < -0.3 is 14.5 Å². The zero-order chi connectivity index (χ0) is 13.8. The third-order valence-corrected chi connectivity index (χ3v) is 3.21. The largest absolute Gasteiger partial charge is 0.497 e. The quantitative estimate of drug-likeness (QED) is 0.832. The van der Waals surface area contributed by atoms with Gasteiger partial charge in [-0.2, -0.15) is 0 Å². The molecule has 0 amide bonds. The number of hydrogen-bond donors (Lipinski definition) is 0. The molecular formula is C16H20N2O. The lowest BCUT2D eigenvalue weighted by atomic mass is 10.2. The van der Waals surface area contributed by atoms with Gasteiger partial charge in [-0.05, 0) is 48.5 Å². The van der Waals surface area contributed by atoms with Gasteiger partial charge in [0.15, 0.2) is 0 Å². The summed E-state index contributed by atoms with van der Waals surface area (Å²) in [4.78, 5) is 4.25. The maximum atomic E-state index is 5.17. The Bertz CT molecular complexity index is 517. The van der Waals surface area contributed by atoms with E-state index < -0.39 is 0 Å². The van der Waals surface area contributed by atoms with E-state index in [-0.39, 0.29) is 0 Å². The molecule has 2 aromatic rings. The van der Waals surface area contributed by atoms with Gasteiger partial charge >= 0.3 is 0 Å². The molecule has 100 valence electrons. The second-order valence-corrected chi connectivity index (χ2v) is 4.67. The summed E-state index contributed by atoms with van der Waals surface area (Å²) in [5.41, 5.74) is 3.50. The molecular weight excluding hydrogens is 236 g/mol. The van der Waals surface area contributed by atoms with Crippen molar-refractivity contribution in [2.75, 3.05) is 38.1 Å². The smallest absolute Gasteiger partial charge is 0.119 e. The van der Waals surface area contributed by atoms with Gasteiger partial charge in [0.25, 0.3) is 0 Å². The number of anilines is 3. The van der Waals surface area contributed by atoms with Gasteiger partial charge in [0.05, 0.1) is 7.11 Å². The Morgan fingerprint density at radius 2 is 1.11 bits per heavy atom. The highest BCUT2D eigenvalue weighted by Gasteiger charge is 2.04. The first-order valence-corrected chi connectivity index (χ1v) is 6.27. The molecule has 0 aromatic heterocycles. The number of benzene rings is 2. The van der Waals surface area contributed by atoms with Crippen LogP contribution in [0.5, 0.6) is 5.75 Å². The van der Waals surface area contributed by atoms with E-state index in [1.165, 1.54) is 5.69 Å². The van der Waals surface area contributed by atoms with Gasteiger partial charge in [-0.15, -0.1) is 0 Å². The molecule has 0 unspecified atom stereocenters. The maximum absolute atomic E-state index is 5.17. The molecule has 0 saturated carbocycles. The average Bonchev–Trinajstić information content (AvgIpc) is 2.46. The first-order valence-electron chi connectivity index (χ1n) is 6.27. The fourth-order valence-electron chi connectivity index (χ4n) is 1.93. The lowest BCUT2D eigenvalue weighted by Crippen LogP contribution is -2.11. The van der Waals surface area contributed by atoms with Crippen LogP contribution < -0.4 is 14.5 Å². The van der Waals surface area contributed by atoms with Crippen molar-refractivity contribution in [3.63, 3.8) is 0 Å². The molecule has 2 aromatic carbocycles. The van der Waals surface area contributed by atoms with E-state index in [1.807, 2.05) is 26.2 Å². The van der Waals surface area contributed by atoms with E-state index in [9.17, 15) is 0 Å². The van der Waals surface area contributed by atoms with Crippen molar-refractivity contribution in [2.45, 2.75) is 0 Å². The molecule has 0 spiro atoms. The van der Waals surface area contributed by atoms with E-state index >= 15 is 0 Å². The molecule has 0 fully saturated rings. The normalized spacial score (nSPS) is 10.1. The summed E-state index contributed by atoms with van der Waals surface area (Å²) in [6.07, 6.45) is 0. The van der Waals surface area contributed by atoms with Gasteiger partial charge in [-0.3, -0.25) is 0 Å². The first kappa shape index (κ1) is 13.3.